The smallest absolute Gasteiger partial charge is 0.155 e. The van der Waals surface area contributed by atoms with E-state index < -0.39 is 9.84 Å². The van der Waals surface area contributed by atoms with Gasteiger partial charge in [0.05, 0.1) is 11.0 Å². The fourth-order valence-electron chi connectivity index (χ4n) is 2.79. The molecule has 0 spiro atoms. The molecular formula is C17H29NO2S. The van der Waals surface area contributed by atoms with Crippen molar-refractivity contribution in [1.82, 2.24) is 5.32 Å². The van der Waals surface area contributed by atoms with E-state index in [1.54, 1.807) is 0 Å². The Kier molecular flexibility index (Phi) is 7.40. The summed E-state index contributed by atoms with van der Waals surface area (Å²) in [5.41, 5.74) is 1.05. The van der Waals surface area contributed by atoms with Gasteiger partial charge in [0.25, 0.3) is 0 Å². The van der Waals surface area contributed by atoms with Crippen molar-refractivity contribution in [2.24, 2.45) is 5.92 Å². The maximum Gasteiger partial charge on any atom is 0.155 e. The Balaban J connectivity index is 3.15. The molecule has 1 aromatic carbocycles. The van der Waals surface area contributed by atoms with Crippen molar-refractivity contribution in [2.75, 3.05) is 12.3 Å². The van der Waals surface area contributed by atoms with Crippen molar-refractivity contribution < 1.29 is 8.42 Å². The third-order valence-electron chi connectivity index (χ3n) is 3.77. The highest BCUT2D eigenvalue weighted by molar-refractivity contribution is 7.92. The van der Waals surface area contributed by atoms with Crippen LogP contribution in [-0.4, -0.2) is 26.0 Å². The van der Waals surface area contributed by atoms with E-state index in [9.17, 15) is 8.42 Å². The van der Waals surface area contributed by atoms with Gasteiger partial charge in [-0.3, -0.25) is 0 Å². The fourth-order valence-corrected chi connectivity index (χ4v) is 5.25. The first-order valence-electron chi connectivity index (χ1n) is 7.93. The summed E-state index contributed by atoms with van der Waals surface area (Å²) in [5.74, 6) is 0.359. The van der Waals surface area contributed by atoms with E-state index in [4.69, 9.17) is 0 Å². The number of sulfone groups is 1. The molecule has 21 heavy (non-hydrogen) atoms. The molecule has 4 heteroatoms. The molecule has 1 aromatic rings. The van der Waals surface area contributed by atoms with Crippen LogP contribution in [0.15, 0.2) is 30.3 Å². The SMILES string of the molecule is CCCCS(=O)(=O)C(C(C)C)C(NCC)c1ccccc1. The predicted octanol–water partition coefficient (Wildman–Crippen LogP) is 3.58. The van der Waals surface area contributed by atoms with Crippen LogP contribution in [0.5, 0.6) is 0 Å². The van der Waals surface area contributed by atoms with E-state index in [-0.39, 0.29) is 23.0 Å². The zero-order valence-corrected chi connectivity index (χ0v) is 14.5. The zero-order valence-electron chi connectivity index (χ0n) is 13.7. The molecule has 0 aliphatic rings. The molecule has 2 unspecified atom stereocenters. The van der Waals surface area contributed by atoms with Gasteiger partial charge in [0.15, 0.2) is 9.84 Å². The molecule has 3 nitrogen and oxygen atoms in total. The van der Waals surface area contributed by atoms with Crippen LogP contribution in [-0.2, 0) is 9.84 Å². The van der Waals surface area contributed by atoms with E-state index in [1.165, 1.54) is 0 Å². The monoisotopic (exact) mass is 311 g/mol. The standard InChI is InChI=1S/C17H29NO2S/c1-5-7-13-21(19,20)17(14(3)4)16(18-6-2)15-11-9-8-10-12-15/h8-12,14,16-18H,5-7,13H2,1-4H3. The normalized spacial score (nSPS) is 15.1. The van der Waals surface area contributed by atoms with Crippen molar-refractivity contribution in [3.63, 3.8) is 0 Å². The Morgan fingerprint density at radius 3 is 2.19 bits per heavy atom. The van der Waals surface area contributed by atoms with Crippen LogP contribution in [0.4, 0.5) is 0 Å². The quantitative estimate of drug-likeness (QED) is 0.758. The van der Waals surface area contributed by atoms with E-state index in [2.05, 4.69) is 5.32 Å². The van der Waals surface area contributed by atoms with Crippen molar-refractivity contribution in [3.05, 3.63) is 35.9 Å². The molecule has 0 amide bonds. The van der Waals surface area contributed by atoms with Crippen LogP contribution in [0.1, 0.15) is 52.1 Å². The molecule has 0 heterocycles. The summed E-state index contributed by atoms with van der Waals surface area (Å²) in [6, 6.07) is 9.78. The molecule has 1 N–H and O–H groups in total. The highest BCUT2D eigenvalue weighted by Gasteiger charge is 2.35. The molecule has 0 aliphatic carbocycles. The number of nitrogens with one attached hydrogen (secondary N) is 1. The lowest BCUT2D eigenvalue weighted by Gasteiger charge is -2.31. The molecular weight excluding hydrogens is 282 g/mol. The Morgan fingerprint density at radius 1 is 1.10 bits per heavy atom. The second-order valence-corrected chi connectivity index (χ2v) is 8.15. The van der Waals surface area contributed by atoms with Gasteiger partial charge in [0, 0.05) is 6.04 Å². The van der Waals surface area contributed by atoms with Crippen LogP contribution in [0.3, 0.4) is 0 Å². The van der Waals surface area contributed by atoms with Crippen LogP contribution in [0, 0.1) is 5.92 Å². The van der Waals surface area contributed by atoms with Gasteiger partial charge in [0.2, 0.25) is 0 Å². The largest absolute Gasteiger partial charge is 0.309 e. The second kappa shape index (κ2) is 8.54. The molecule has 0 fully saturated rings. The minimum absolute atomic E-state index is 0.0797. The maximum absolute atomic E-state index is 12.8. The Hall–Kier alpha value is -0.870. The summed E-state index contributed by atoms with van der Waals surface area (Å²) >= 11 is 0. The summed E-state index contributed by atoms with van der Waals surface area (Å²) in [5, 5.41) is 3.00. The Bertz CT molecular complexity index is 497. The lowest BCUT2D eigenvalue weighted by atomic mass is 9.96. The molecule has 0 saturated carbocycles. The van der Waals surface area contributed by atoms with E-state index in [0.29, 0.717) is 0 Å². The molecule has 120 valence electrons. The first-order chi connectivity index (χ1) is 9.94. The summed E-state index contributed by atoms with van der Waals surface area (Å²) in [4.78, 5) is 0. The molecule has 2 atom stereocenters. The Labute approximate surface area is 130 Å². The van der Waals surface area contributed by atoms with Crippen LogP contribution in [0.25, 0.3) is 0 Å². The van der Waals surface area contributed by atoms with Crippen LogP contribution in [0.2, 0.25) is 0 Å². The van der Waals surface area contributed by atoms with Crippen LogP contribution >= 0.6 is 0 Å². The average molecular weight is 311 g/mol. The summed E-state index contributed by atoms with van der Waals surface area (Å²) < 4.78 is 25.6. The lowest BCUT2D eigenvalue weighted by Crippen LogP contribution is -2.41. The molecule has 1 rings (SSSR count). The highest BCUT2D eigenvalue weighted by atomic mass is 32.2. The topological polar surface area (TPSA) is 46.2 Å². The number of benzene rings is 1. The lowest BCUT2D eigenvalue weighted by molar-refractivity contribution is 0.427. The van der Waals surface area contributed by atoms with Gasteiger partial charge in [0.1, 0.15) is 0 Å². The van der Waals surface area contributed by atoms with Crippen molar-refractivity contribution >= 4 is 9.84 Å². The third kappa shape index (κ3) is 5.11. The number of rotatable bonds is 9. The van der Waals surface area contributed by atoms with E-state index in [0.717, 1.165) is 24.9 Å². The molecule has 0 radical (unpaired) electrons. The number of unbranched alkanes of at least 4 members (excludes halogenated alkanes) is 1. The van der Waals surface area contributed by atoms with Gasteiger partial charge in [-0.25, -0.2) is 8.42 Å². The number of hydrogen-bond acceptors (Lipinski definition) is 3. The Morgan fingerprint density at radius 2 is 1.71 bits per heavy atom. The van der Waals surface area contributed by atoms with Crippen molar-refractivity contribution in [3.8, 4) is 0 Å². The fraction of sp³-hybridized carbons (Fsp3) is 0.647. The van der Waals surface area contributed by atoms with E-state index >= 15 is 0 Å². The molecule has 0 bridgehead atoms. The minimum atomic E-state index is -3.12. The second-order valence-electron chi connectivity index (χ2n) is 5.88. The van der Waals surface area contributed by atoms with Crippen molar-refractivity contribution in [2.45, 2.75) is 51.8 Å². The average Bonchev–Trinajstić information content (AvgIpc) is 2.45. The molecule has 0 saturated heterocycles. The van der Waals surface area contributed by atoms with E-state index in [1.807, 2.05) is 58.0 Å². The first kappa shape index (κ1) is 18.2. The van der Waals surface area contributed by atoms with Gasteiger partial charge in [-0.15, -0.1) is 0 Å². The predicted molar refractivity (Wildman–Crippen MR) is 90.2 cm³/mol. The zero-order chi connectivity index (χ0) is 15.9. The third-order valence-corrected chi connectivity index (χ3v) is 6.27. The maximum atomic E-state index is 12.8. The van der Waals surface area contributed by atoms with Gasteiger partial charge < -0.3 is 5.32 Å². The van der Waals surface area contributed by atoms with Crippen LogP contribution < -0.4 is 5.32 Å². The van der Waals surface area contributed by atoms with Crippen molar-refractivity contribution in [1.29, 1.82) is 0 Å². The summed E-state index contributed by atoms with van der Waals surface area (Å²) in [6.45, 7) is 8.81. The highest BCUT2D eigenvalue weighted by Crippen LogP contribution is 2.29. The summed E-state index contributed by atoms with van der Waals surface area (Å²) in [7, 11) is -3.12. The van der Waals surface area contributed by atoms with Gasteiger partial charge >= 0.3 is 0 Å². The minimum Gasteiger partial charge on any atom is -0.309 e. The van der Waals surface area contributed by atoms with Gasteiger partial charge in [-0.2, -0.15) is 0 Å². The molecule has 0 aromatic heterocycles. The molecule has 0 aliphatic heterocycles. The van der Waals surface area contributed by atoms with Gasteiger partial charge in [-0.1, -0.05) is 64.4 Å². The number of hydrogen-bond donors (Lipinski definition) is 1. The summed E-state index contributed by atoms with van der Waals surface area (Å²) in [6.07, 6.45) is 1.64. The first-order valence-corrected chi connectivity index (χ1v) is 9.65. The van der Waals surface area contributed by atoms with Gasteiger partial charge in [-0.05, 0) is 24.4 Å².